The minimum Gasteiger partial charge on any atom is -0.497 e. The molecular formula is C28H32N4O4. The van der Waals surface area contributed by atoms with Gasteiger partial charge in [0.1, 0.15) is 11.5 Å². The molecular weight excluding hydrogens is 456 g/mol. The molecule has 2 aromatic carbocycles. The third-order valence-electron chi connectivity index (χ3n) is 7.88. The summed E-state index contributed by atoms with van der Waals surface area (Å²) in [7, 11) is 1.65. The predicted octanol–water partition coefficient (Wildman–Crippen LogP) is 3.39. The Kier molecular flexibility index (Phi) is 6.25. The molecule has 0 saturated carbocycles. The van der Waals surface area contributed by atoms with Gasteiger partial charge in [0.2, 0.25) is 0 Å². The highest BCUT2D eigenvalue weighted by Gasteiger charge is 2.41. The van der Waals surface area contributed by atoms with Crippen LogP contribution in [0.2, 0.25) is 0 Å². The van der Waals surface area contributed by atoms with Gasteiger partial charge in [-0.1, -0.05) is 6.07 Å². The lowest BCUT2D eigenvalue weighted by Gasteiger charge is -2.40. The first-order valence-corrected chi connectivity index (χ1v) is 12.7. The lowest BCUT2D eigenvalue weighted by molar-refractivity contribution is -0.118. The van der Waals surface area contributed by atoms with E-state index in [1.807, 2.05) is 36.4 Å². The number of carbonyl (C=O) groups excluding carboxylic acids is 1. The summed E-state index contributed by atoms with van der Waals surface area (Å²) >= 11 is 0. The van der Waals surface area contributed by atoms with E-state index < -0.39 is 6.10 Å². The maximum absolute atomic E-state index is 11.6. The van der Waals surface area contributed by atoms with Gasteiger partial charge in [-0.15, -0.1) is 0 Å². The van der Waals surface area contributed by atoms with E-state index in [1.165, 1.54) is 12.8 Å². The minimum absolute atomic E-state index is 0.0756. The molecule has 3 N–H and O–H groups in total. The van der Waals surface area contributed by atoms with Crippen molar-refractivity contribution in [2.45, 2.75) is 56.5 Å². The molecule has 0 aliphatic carbocycles. The van der Waals surface area contributed by atoms with Crippen molar-refractivity contribution in [2.24, 2.45) is 0 Å². The van der Waals surface area contributed by atoms with Crippen LogP contribution in [0.25, 0.3) is 10.9 Å². The quantitative estimate of drug-likeness (QED) is 0.469. The number of fused-ring (bicyclic) bond motifs is 4. The fourth-order valence-corrected chi connectivity index (χ4v) is 6.10. The van der Waals surface area contributed by atoms with Crippen LogP contribution >= 0.6 is 0 Å². The van der Waals surface area contributed by atoms with Crippen LogP contribution in [0.15, 0.2) is 48.7 Å². The molecule has 4 heterocycles. The molecule has 0 radical (unpaired) electrons. The number of pyridine rings is 1. The average Bonchev–Trinajstić information content (AvgIpc) is 3.12. The number of anilines is 1. The van der Waals surface area contributed by atoms with Crippen molar-refractivity contribution in [2.75, 3.05) is 25.6 Å². The summed E-state index contributed by atoms with van der Waals surface area (Å²) in [4.78, 5) is 18.6. The van der Waals surface area contributed by atoms with E-state index in [2.05, 4.69) is 26.6 Å². The number of ether oxygens (including phenoxy) is 2. The highest BCUT2D eigenvalue weighted by molar-refractivity contribution is 5.95. The lowest BCUT2D eigenvalue weighted by Crippen LogP contribution is -2.50. The fraction of sp³-hybridized carbons (Fsp3) is 0.429. The highest BCUT2D eigenvalue weighted by Crippen LogP contribution is 2.38. The number of aliphatic hydroxyl groups excluding tert-OH is 1. The molecule has 2 saturated heterocycles. The maximum Gasteiger partial charge on any atom is 0.262 e. The van der Waals surface area contributed by atoms with Gasteiger partial charge in [0.25, 0.3) is 5.91 Å². The number of aromatic nitrogens is 1. The standard InChI is InChI=1S/C28H32N4O4/c1-35-21-5-6-24-23(13-21)22(8-9-29-24)26(33)15-32-19-3-4-20(32)12-18(11-19)30-14-17-2-7-27-25(10-17)31-28(34)16-36-27/h2,5-10,13,18-20,26,30,33H,3-4,11-12,14-16H2,1H3,(H,31,34). The number of carbonyl (C=O) groups is 1. The van der Waals surface area contributed by atoms with Gasteiger partial charge in [-0.25, -0.2) is 0 Å². The molecule has 3 aliphatic rings. The molecule has 3 atom stereocenters. The SMILES string of the molecule is COc1ccc2nccc(C(O)CN3C4CCC3CC(NCc3ccc5c(c3)NC(=O)CO5)C4)c2c1. The molecule has 3 aliphatic heterocycles. The number of piperidine rings is 1. The second-order valence-electron chi connectivity index (χ2n) is 10.1. The first kappa shape index (κ1) is 23.2. The average molecular weight is 489 g/mol. The largest absolute Gasteiger partial charge is 0.497 e. The van der Waals surface area contributed by atoms with Gasteiger partial charge < -0.3 is 25.2 Å². The topological polar surface area (TPSA) is 96.0 Å². The Labute approximate surface area is 210 Å². The molecule has 36 heavy (non-hydrogen) atoms. The summed E-state index contributed by atoms with van der Waals surface area (Å²) in [5, 5.41) is 18.8. The van der Waals surface area contributed by atoms with Crippen molar-refractivity contribution in [1.29, 1.82) is 0 Å². The Bertz CT molecular complexity index is 1270. The van der Waals surface area contributed by atoms with Crippen molar-refractivity contribution in [3.8, 4) is 11.5 Å². The van der Waals surface area contributed by atoms with Gasteiger partial charge in [-0.2, -0.15) is 0 Å². The number of nitrogens with one attached hydrogen (secondary N) is 2. The summed E-state index contributed by atoms with van der Waals surface area (Å²) in [6.45, 7) is 1.45. The molecule has 8 heteroatoms. The molecule has 0 spiro atoms. The summed E-state index contributed by atoms with van der Waals surface area (Å²) in [6.07, 6.45) is 5.67. The van der Waals surface area contributed by atoms with Gasteiger partial charge in [0.05, 0.1) is 24.4 Å². The van der Waals surface area contributed by atoms with Crippen LogP contribution in [-0.4, -0.2) is 59.3 Å². The fourth-order valence-electron chi connectivity index (χ4n) is 6.10. The number of amides is 1. The summed E-state index contributed by atoms with van der Waals surface area (Å²) in [5.41, 5.74) is 3.65. The van der Waals surface area contributed by atoms with Crippen LogP contribution in [0.4, 0.5) is 5.69 Å². The Morgan fingerprint density at radius 1 is 1.19 bits per heavy atom. The summed E-state index contributed by atoms with van der Waals surface area (Å²) in [6, 6.07) is 15.1. The first-order chi connectivity index (χ1) is 17.6. The van der Waals surface area contributed by atoms with Crippen LogP contribution in [0.3, 0.4) is 0 Å². The number of rotatable bonds is 7. The van der Waals surface area contributed by atoms with Crippen molar-refractivity contribution in [1.82, 2.24) is 15.2 Å². The molecule has 2 bridgehead atoms. The Hall–Kier alpha value is -3.20. The summed E-state index contributed by atoms with van der Waals surface area (Å²) in [5.74, 6) is 1.38. The zero-order chi connectivity index (χ0) is 24.6. The maximum atomic E-state index is 11.6. The van der Waals surface area contributed by atoms with Crippen LogP contribution in [0.5, 0.6) is 11.5 Å². The molecule has 188 valence electrons. The van der Waals surface area contributed by atoms with Gasteiger partial charge in [0, 0.05) is 42.8 Å². The number of aliphatic hydroxyl groups is 1. The zero-order valence-corrected chi connectivity index (χ0v) is 20.4. The van der Waals surface area contributed by atoms with E-state index in [1.54, 1.807) is 13.3 Å². The van der Waals surface area contributed by atoms with Crippen LogP contribution in [0.1, 0.15) is 42.9 Å². The van der Waals surface area contributed by atoms with E-state index in [0.717, 1.165) is 58.6 Å². The van der Waals surface area contributed by atoms with Gasteiger partial charge in [0.15, 0.2) is 6.61 Å². The van der Waals surface area contributed by atoms with E-state index >= 15 is 0 Å². The van der Waals surface area contributed by atoms with Gasteiger partial charge >= 0.3 is 0 Å². The smallest absolute Gasteiger partial charge is 0.262 e. The van der Waals surface area contributed by atoms with E-state index in [4.69, 9.17) is 9.47 Å². The van der Waals surface area contributed by atoms with Crippen LogP contribution in [-0.2, 0) is 11.3 Å². The Balaban J connectivity index is 1.09. The number of hydrogen-bond donors (Lipinski definition) is 3. The molecule has 6 rings (SSSR count). The number of methoxy groups -OCH3 is 1. The molecule has 1 aromatic heterocycles. The summed E-state index contributed by atoms with van der Waals surface area (Å²) < 4.78 is 10.9. The third kappa shape index (κ3) is 4.52. The minimum atomic E-state index is -0.580. The Morgan fingerprint density at radius 3 is 2.83 bits per heavy atom. The Morgan fingerprint density at radius 2 is 2.03 bits per heavy atom. The van der Waals surface area contributed by atoms with E-state index in [9.17, 15) is 9.90 Å². The first-order valence-electron chi connectivity index (χ1n) is 12.7. The molecule has 2 fully saturated rings. The predicted molar refractivity (Wildman–Crippen MR) is 137 cm³/mol. The van der Waals surface area contributed by atoms with E-state index in [-0.39, 0.29) is 12.5 Å². The molecule has 1 amide bonds. The highest BCUT2D eigenvalue weighted by atomic mass is 16.5. The molecule has 8 nitrogen and oxygen atoms in total. The third-order valence-corrected chi connectivity index (χ3v) is 7.88. The van der Waals surface area contributed by atoms with Crippen molar-refractivity contribution >= 4 is 22.5 Å². The normalized spacial score (nSPS) is 24.2. The lowest BCUT2D eigenvalue weighted by atomic mass is 9.95. The van der Waals surface area contributed by atoms with Crippen molar-refractivity contribution < 1.29 is 19.4 Å². The monoisotopic (exact) mass is 488 g/mol. The van der Waals surface area contributed by atoms with Gasteiger partial charge in [-0.05, 0) is 73.2 Å². The van der Waals surface area contributed by atoms with Gasteiger partial charge in [-0.3, -0.25) is 14.7 Å². The number of nitrogens with zero attached hydrogens (tertiary/aromatic N) is 2. The number of hydrogen-bond acceptors (Lipinski definition) is 7. The number of benzene rings is 2. The second-order valence-corrected chi connectivity index (χ2v) is 10.1. The van der Waals surface area contributed by atoms with Crippen LogP contribution in [0, 0.1) is 0 Å². The van der Waals surface area contributed by atoms with Crippen molar-refractivity contribution in [3.05, 3.63) is 59.8 Å². The van der Waals surface area contributed by atoms with Crippen LogP contribution < -0.4 is 20.1 Å². The second kappa shape index (κ2) is 9.69. The van der Waals surface area contributed by atoms with E-state index in [0.29, 0.717) is 24.7 Å². The van der Waals surface area contributed by atoms with Crippen molar-refractivity contribution in [3.63, 3.8) is 0 Å². The zero-order valence-electron chi connectivity index (χ0n) is 20.4. The molecule has 3 aromatic rings. The molecule has 3 unspecified atom stereocenters.